The molecule has 0 aliphatic rings. The Balaban J connectivity index is 1.89. The third kappa shape index (κ3) is 2.66. The Kier molecular flexibility index (Phi) is 3.93. The van der Waals surface area contributed by atoms with Gasteiger partial charge >= 0.3 is 0 Å². The van der Waals surface area contributed by atoms with Gasteiger partial charge in [-0.15, -0.1) is 10.2 Å². The van der Waals surface area contributed by atoms with Gasteiger partial charge < -0.3 is 0 Å². The summed E-state index contributed by atoms with van der Waals surface area (Å²) in [5, 5.41) is 13.3. The molecule has 0 aliphatic heterocycles. The summed E-state index contributed by atoms with van der Waals surface area (Å²) in [6.45, 7) is 2.69. The van der Waals surface area contributed by atoms with Gasteiger partial charge in [-0.05, 0) is 24.1 Å². The standard InChI is InChI=1S/C17H15ClN6O/c1-2-3-8-23-10-19-16-14(17(23)25)21-22-15-13(9-20-24(15)16)11-4-6-12(18)7-5-11/h4-7,9-10H,2-3,8H2,1H3. The van der Waals surface area contributed by atoms with Crippen molar-refractivity contribution in [2.45, 2.75) is 26.3 Å². The summed E-state index contributed by atoms with van der Waals surface area (Å²) >= 11 is 5.94. The molecule has 0 spiro atoms. The predicted molar refractivity (Wildman–Crippen MR) is 95.7 cm³/mol. The lowest BCUT2D eigenvalue weighted by Crippen LogP contribution is -2.23. The van der Waals surface area contributed by atoms with Crippen LogP contribution in [-0.4, -0.2) is 29.4 Å². The summed E-state index contributed by atoms with van der Waals surface area (Å²) in [5.41, 5.74) is 2.71. The van der Waals surface area contributed by atoms with Crippen LogP contribution in [0.3, 0.4) is 0 Å². The van der Waals surface area contributed by atoms with E-state index in [9.17, 15) is 4.79 Å². The Bertz CT molecular complexity index is 1120. The van der Waals surface area contributed by atoms with Gasteiger partial charge in [-0.3, -0.25) is 9.36 Å². The van der Waals surface area contributed by atoms with Crippen molar-refractivity contribution in [3.8, 4) is 11.1 Å². The smallest absolute Gasteiger partial charge is 0.283 e. The molecule has 1 aromatic carbocycles. The second kappa shape index (κ2) is 6.25. The van der Waals surface area contributed by atoms with E-state index >= 15 is 0 Å². The summed E-state index contributed by atoms with van der Waals surface area (Å²) in [7, 11) is 0. The highest BCUT2D eigenvalue weighted by atomic mass is 35.5. The minimum Gasteiger partial charge on any atom is -0.297 e. The maximum atomic E-state index is 12.6. The summed E-state index contributed by atoms with van der Waals surface area (Å²) in [6.07, 6.45) is 5.14. The molecule has 0 bridgehead atoms. The topological polar surface area (TPSA) is 78.0 Å². The first kappa shape index (κ1) is 15.7. The number of aryl methyl sites for hydroxylation is 1. The number of rotatable bonds is 4. The van der Waals surface area contributed by atoms with Gasteiger partial charge in [0, 0.05) is 17.1 Å². The van der Waals surface area contributed by atoms with E-state index < -0.39 is 0 Å². The molecule has 126 valence electrons. The Labute approximate surface area is 147 Å². The molecule has 3 aromatic heterocycles. The molecular weight excluding hydrogens is 340 g/mol. The van der Waals surface area contributed by atoms with E-state index in [2.05, 4.69) is 27.2 Å². The maximum absolute atomic E-state index is 12.6. The van der Waals surface area contributed by atoms with Gasteiger partial charge in [-0.2, -0.15) is 9.61 Å². The molecule has 0 fully saturated rings. The Morgan fingerprint density at radius 3 is 2.68 bits per heavy atom. The summed E-state index contributed by atoms with van der Waals surface area (Å²) < 4.78 is 3.12. The lowest BCUT2D eigenvalue weighted by molar-refractivity contribution is 0.605. The minimum atomic E-state index is -0.198. The largest absolute Gasteiger partial charge is 0.297 e. The molecule has 4 aromatic rings. The molecule has 0 unspecified atom stereocenters. The van der Waals surface area contributed by atoms with Crippen molar-refractivity contribution < 1.29 is 0 Å². The molecule has 0 N–H and O–H groups in total. The van der Waals surface area contributed by atoms with Crippen molar-refractivity contribution in [2.75, 3.05) is 0 Å². The summed E-state index contributed by atoms with van der Waals surface area (Å²) in [6, 6.07) is 7.39. The lowest BCUT2D eigenvalue weighted by Gasteiger charge is -2.05. The fourth-order valence-electron chi connectivity index (χ4n) is 2.72. The quantitative estimate of drug-likeness (QED) is 0.563. The maximum Gasteiger partial charge on any atom is 0.283 e. The van der Waals surface area contributed by atoms with E-state index in [0.717, 1.165) is 24.0 Å². The molecule has 3 heterocycles. The van der Waals surface area contributed by atoms with E-state index in [-0.39, 0.29) is 11.1 Å². The Morgan fingerprint density at radius 1 is 1.12 bits per heavy atom. The first-order valence-electron chi connectivity index (χ1n) is 8.04. The van der Waals surface area contributed by atoms with E-state index in [1.165, 1.54) is 0 Å². The van der Waals surface area contributed by atoms with Crippen LogP contribution in [-0.2, 0) is 6.54 Å². The third-order valence-electron chi connectivity index (χ3n) is 4.09. The number of aromatic nitrogens is 6. The van der Waals surface area contributed by atoms with Crippen LogP contribution in [0.4, 0.5) is 0 Å². The Hall–Kier alpha value is -2.80. The van der Waals surface area contributed by atoms with Crippen LogP contribution in [0.5, 0.6) is 0 Å². The number of halogens is 1. The first-order chi connectivity index (χ1) is 12.2. The first-order valence-corrected chi connectivity index (χ1v) is 8.42. The average molecular weight is 355 g/mol. The SMILES string of the molecule is CCCCn1cnc2c(nnc3c(-c4ccc(Cl)cc4)cnn32)c1=O. The highest BCUT2D eigenvalue weighted by molar-refractivity contribution is 6.30. The second-order valence-electron chi connectivity index (χ2n) is 5.77. The van der Waals surface area contributed by atoms with Crippen LogP contribution in [0.25, 0.3) is 27.9 Å². The van der Waals surface area contributed by atoms with Gasteiger partial charge in [0.15, 0.2) is 16.8 Å². The zero-order valence-electron chi connectivity index (χ0n) is 13.6. The van der Waals surface area contributed by atoms with Crippen molar-refractivity contribution in [2.24, 2.45) is 0 Å². The minimum absolute atomic E-state index is 0.198. The molecule has 25 heavy (non-hydrogen) atoms. The molecule has 7 nitrogen and oxygen atoms in total. The van der Waals surface area contributed by atoms with Crippen LogP contribution in [0.2, 0.25) is 5.02 Å². The van der Waals surface area contributed by atoms with Crippen molar-refractivity contribution in [3.05, 3.63) is 52.2 Å². The predicted octanol–water partition coefficient (Wildman–Crippen LogP) is 2.95. The van der Waals surface area contributed by atoms with Gasteiger partial charge in [0.05, 0.1) is 6.20 Å². The second-order valence-corrected chi connectivity index (χ2v) is 6.21. The lowest BCUT2D eigenvalue weighted by atomic mass is 10.1. The molecule has 4 rings (SSSR count). The zero-order valence-corrected chi connectivity index (χ0v) is 14.3. The summed E-state index contributed by atoms with van der Waals surface area (Å²) in [4.78, 5) is 16.9. The van der Waals surface area contributed by atoms with E-state index in [1.54, 1.807) is 33.7 Å². The Morgan fingerprint density at radius 2 is 1.92 bits per heavy atom. The summed E-state index contributed by atoms with van der Waals surface area (Å²) in [5.74, 6) is 0. The van der Waals surface area contributed by atoms with Crippen LogP contribution in [0.15, 0.2) is 41.6 Å². The fraction of sp³-hybridized carbons (Fsp3) is 0.235. The third-order valence-corrected chi connectivity index (χ3v) is 4.34. The van der Waals surface area contributed by atoms with Crippen LogP contribution in [0, 0.1) is 0 Å². The average Bonchev–Trinajstić information content (AvgIpc) is 3.06. The van der Waals surface area contributed by atoms with Crippen molar-refractivity contribution in [3.63, 3.8) is 0 Å². The molecular formula is C17H15ClN6O. The van der Waals surface area contributed by atoms with Gasteiger partial charge in [0.25, 0.3) is 5.56 Å². The van der Waals surface area contributed by atoms with Gasteiger partial charge in [-0.25, -0.2) is 4.98 Å². The number of hydrogen-bond acceptors (Lipinski definition) is 5. The molecule has 0 atom stereocenters. The van der Waals surface area contributed by atoms with E-state index in [4.69, 9.17) is 11.6 Å². The number of fused-ring (bicyclic) bond motifs is 3. The highest BCUT2D eigenvalue weighted by Crippen LogP contribution is 2.25. The van der Waals surface area contributed by atoms with Crippen molar-refractivity contribution in [1.82, 2.24) is 29.4 Å². The van der Waals surface area contributed by atoms with E-state index in [1.807, 2.05) is 12.1 Å². The van der Waals surface area contributed by atoms with Gasteiger partial charge in [0.1, 0.15) is 6.33 Å². The van der Waals surface area contributed by atoms with Crippen LogP contribution in [0.1, 0.15) is 19.8 Å². The molecule has 0 aliphatic carbocycles. The van der Waals surface area contributed by atoms with Crippen LogP contribution >= 0.6 is 11.6 Å². The number of benzene rings is 1. The van der Waals surface area contributed by atoms with Crippen molar-refractivity contribution in [1.29, 1.82) is 0 Å². The fourth-order valence-corrected chi connectivity index (χ4v) is 2.85. The molecule has 0 saturated carbocycles. The number of unbranched alkanes of at least 4 members (excludes halogenated alkanes) is 1. The van der Waals surface area contributed by atoms with Gasteiger partial charge in [-0.1, -0.05) is 37.1 Å². The van der Waals surface area contributed by atoms with Crippen molar-refractivity contribution >= 4 is 28.4 Å². The monoisotopic (exact) mass is 354 g/mol. The molecule has 8 heteroatoms. The highest BCUT2D eigenvalue weighted by Gasteiger charge is 2.15. The number of nitrogens with zero attached hydrogens (tertiary/aromatic N) is 6. The van der Waals surface area contributed by atoms with Gasteiger partial charge in [0.2, 0.25) is 0 Å². The van der Waals surface area contributed by atoms with Crippen LogP contribution < -0.4 is 5.56 Å². The molecule has 0 saturated heterocycles. The molecule has 0 amide bonds. The molecule has 0 radical (unpaired) electrons. The van der Waals surface area contributed by atoms with E-state index in [0.29, 0.717) is 22.9 Å². The number of hydrogen-bond donors (Lipinski definition) is 0. The zero-order chi connectivity index (χ0) is 17.4. The normalized spacial score (nSPS) is 11.4.